The maximum atomic E-state index is 8.91. The zero-order valence-electron chi connectivity index (χ0n) is 8.14. The van der Waals surface area contributed by atoms with E-state index in [0.29, 0.717) is 11.3 Å². The number of nitriles is 1. The minimum absolute atomic E-state index is 0.649. The number of hydrogen-bond acceptors (Lipinski definition) is 2. The minimum atomic E-state index is 0.649. The Kier molecular flexibility index (Phi) is 3.57. The van der Waals surface area contributed by atoms with Crippen molar-refractivity contribution in [1.82, 2.24) is 0 Å². The highest BCUT2D eigenvalue weighted by molar-refractivity contribution is 5.44. The maximum absolute atomic E-state index is 8.91. The lowest BCUT2D eigenvalue weighted by Crippen LogP contribution is -1.99. The van der Waals surface area contributed by atoms with Crippen LogP contribution in [0.3, 0.4) is 0 Å². The van der Waals surface area contributed by atoms with Gasteiger partial charge < -0.3 is 5.73 Å². The van der Waals surface area contributed by atoms with Gasteiger partial charge in [-0.2, -0.15) is 5.26 Å². The summed E-state index contributed by atoms with van der Waals surface area (Å²) < 4.78 is 0. The number of rotatable bonds is 1. The second-order valence-corrected chi connectivity index (χ2v) is 3.50. The molecule has 0 aliphatic heterocycles. The largest absolute Gasteiger partial charge is 0.401 e. The third-order valence-electron chi connectivity index (χ3n) is 2.37. The Balaban J connectivity index is 2.86. The molecule has 0 saturated carbocycles. The lowest BCUT2D eigenvalue weighted by molar-refractivity contribution is 0.712. The quantitative estimate of drug-likeness (QED) is 0.624. The third-order valence-corrected chi connectivity index (χ3v) is 2.37. The summed E-state index contributed by atoms with van der Waals surface area (Å²) in [5, 5.41) is 8.91. The van der Waals surface area contributed by atoms with Crippen LogP contribution in [0, 0.1) is 11.3 Å². The summed E-state index contributed by atoms with van der Waals surface area (Å²) in [4.78, 5) is 0. The Bertz CT molecular complexity index is 275. The molecule has 1 aliphatic carbocycles. The van der Waals surface area contributed by atoms with Gasteiger partial charge in [0.1, 0.15) is 6.07 Å². The van der Waals surface area contributed by atoms with Gasteiger partial charge in [0.25, 0.3) is 0 Å². The van der Waals surface area contributed by atoms with Crippen LogP contribution in [-0.4, -0.2) is 0 Å². The molecule has 0 amide bonds. The van der Waals surface area contributed by atoms with Crippen molar-refractivity contribution in [3.63, 3.8) is 0 Å². The van der Waals surface area contributed by atoms with Gasteiger partial charge in [0, 0.05) is 5.70 Å². The minimum Gasteiger partial charge on any atom is -0.401 e. The van der Waals surface area contributed by atoms with E-state index >= 15 is 0 Å². The van der Waals surface area contributed by atoms with Crippen molar-refractivity contribution < 1.29 is 0 Å². The number of allylic oxidation sites excluding steroid dienone is 4. The molecule has 2 heteroatoms. The Morgan fingerprint density at radius 1 is 1.46 bits per heavy atom. The fraction of sp³-hybridized carbons (Fsp3) is 0.545. The summed E-state index contributed by atoms with van der Waals surface area (Å²) in [6.07, 6.45) is 7.96. The number of nitrogens with zero attached hydrogens (tertiary/aromatic N) is 1. The molecule has 2 nitrogen and oxygen atoms in total. The standard InChI is InChI=1S/C11H16N2/c1-9(13)11(8-12)10-6-4-2-3-5-7-10/h6H,2-5,7,13H2,1H3. The first kappa shape index (κ1) is 9.85. The zero-order chi connectivity index (χ0) is 9.68. The molecule has 0 unspecified atom stereocenters. The molecule has 0 aromatic heterocycles. The van der Waals surface area contributed by atoms with Crippen LogP contribution in [0.1, 0.15) is 39.0 Å². The summed E-state index contributed by atoms with van der Waals surface area (Å²) in [6, 6.07) is 2.19. The van der Waals surface area contributed by atoms with E-state index < -0.39 is 0 Å². The summed E-state index contributed by atoms with van der Waals surface area (Å²) in [6.45, 7) is 1.80. The van der Waals surface area contributed by atoms with Crippen molar-refractivity contribution in [1.29, 1.82) is 5.26 Å². The van der Waals surface area contributed by atoms with E-state index in [0.717, 1.165) is 18.4 Å². The van der Waals surface area contributed by atoms with Gasteiger partial charge in [-0.3, -0.25) is 0 Å². The molecule has 1 rings (SSSR count). The Morgan fingerprint density at radius 3 is 2.85 bits per heavy atom. The van der Waals surface area contributed by atoms with Crippen LogP contribution >= 0.6 is 0 Å². The average Bonchev–Trinajstić information content (AvgIpc) is 2.33. The lowest BCUT2D eigenvalue weighted by atomic mass is 10.0. The molecule has 70 valence electrons. The Hall–Kier alpha value is -1.23. The molecule has 0 bridgehead atoms. The Labute approximate surface area is 79.7 Å². The molecule has 2 N–H and O–H groups in total. The fourth-order valence-electron chi connectivity index (χ4n) is 1.66. The van der Waals surface area contributed by atoms with Gasteiger partial charge in [-0.05, 0) is 38.2 Å². The molecule has 0 heterocycles. The molecule has 1 aliphatic rings. The van der Waals surface area contributed by atoms with E-state index in [4.69, 9.17) is 11.0 Å². The van der Waals surface area contributed by atoms with E-state index in [9.17, 15) is 0 Å². The Morgan fingerprint density at radius 2 is 2.23 bits per heavy atom. The highest BCUT2D eigenvalue weighted by Gasteiger charge is 2.08. The first-order valence-corrected chi connectivity index (χ1v) is 4.81. The van der Waals surface area contributed by atoms with Crippen molar-refractivity contribution in [3.8, 4) is 6.07 Å². The van der Waals surface area contributed by atoms with Crippen LogP contribution < -0.4 is 5.73 Å². The van der Waals surface area contributed by atoms with Gasteiger partial charge in [0.05, 0.1) is 5.57 Å². The second kappa shape index (κ2) is 4.71. The first-order valence-electron chi connectivity index (χ1n) is 4.81. The summed E-state index contributed by atoms with van der Waals surface area (Å²) in [5.74, 6) is 0. The molecule has 0 atom stereocenters. The van der Waals surface area contributed by atoms with Gasteiger partial charge in [-0.1, -0.05) is 12.5 Å². The van der Waals surface area contributed by atoms with Crippen LogP contribution in [-0.2, 0) is 0 Å². The summed E-state index contributed by atoms with van der Waals surface area (Å²) in [7, 11) is 0. The molecule has 13 heavy (non-hydrogen) atoms. The van der Waals surface area contributed by atoms with Crippen LogP contribution in [0.2, 0.25) is 0 Å². The fourth-order valence-corrected chi connectivity index (χ4v) is 1.66. The first-order chi connectivity index (χ1) is 6.25. The predicted molar refractivity (Wildman–Crippen MR) is 53.7 cm³/mol. The van der Waals surface area contributed by atoms with E-state index in [1.54, 1.807) is 6.92 Å². The van der Waals surface area contributed by atoms with Crippen molar-refractivity contribution in [3.05, 3.63) is 22.9 Å². The van der Waals surface area contributed by atoms with Crippen molar-refractivity contribution in [2.75, 3.05) is 0 Å². The molecule has 0 aromatic rings. The van der Waals surface area contributed by atoms with Gasteiger partial charge in [-0.25, -0.2) is 0 Å². The van der Waals surface area contributed by atoms with Gasteiger partial charge >= 0.3 is 0 Å². The van der Waals surface area contributed by atoms with Crippen LogP contribution in [0.5, 0.6) is 0 Å². The molecule has 0 saturated heterocycles. The topological polar surface area (TPSA) is 49.8 Å². The molecule has 0 radical (unpaired) electrons. The van der Waals surface area contributed by atoms with Gasteiger partial charge in [0.15, 0.2) is 0 Å². The third kappa shape index (κ3) is 2.62. The van der Waals surface area contributed by atoms with E-state index in [2.05, 4.69) is 12.1 Å². The van der Waals surface area contributed by atoms with Crippen LogP contribution in [0.4, 0.5) is 0 Å². The summed E-state index contributed by atoms with van der Waals surface area (Å²) >= 11 is 0. The highest BCUT2D eigenvalue weighted by atomic mass is 14.6. The molecule has 0 spiro atoms. The van der Waals surface area contributed by atoms with Gasteiger partial charge in [-0.15, -0.1) is 0 Å². The molecular formula is C11H16N2. The average molecular weight is 176 g/mol. The molecular weight excluding hydrogens is 160 g/mol. The summed E-state index contributed by atoms with van der Waals surface area (Å²) in [5.41, 5.74) is 8.14. The maximum Gasteiger partial charge on any atom is 0.101 e. The SMILES string of the molecule is CC(N)=C(C#N)C1=CCCCCC1. The van der Waals surface area contributed by atoms with Crippen molar-refractivity contribution in [2.24, 2.45) is 5.73 Å². The van der Waals surface area contributed by atoms with Crippen LogP contribution in [0.15, 0.2) is 22.9 Å². The molecule has 0 fully saturated rings. The highest BCUT2D eigenvalue weighted by Crippen LogP contribution is 2.23. The van der Waals surface area contributed by atoms with E-state index in [1.807, 2.05) is 0 Å². The van der Waals surface area contributed by atoms with Crippen molar-refractivity contribution >= 4 is 0 Å². The molecule has 0 aromatic carbocycles. The van der Waals surface area contributed by atoms with Gasteiger partial charge in [0.2, 0.25) is 0 Å². The van der Waals surface area contributed by atoms with E-state index in [1.165, 1.54) is 19.3 Å². The number of nitrogens with two attached hydrogens (primary N) is 1. The predicted octanol–water partition coefficient (Wildman–Crippen LogP) is 2.63. The van der Waals surface area contributed by atoms with Crippen LogP contribution in [0.25, 0.3) is 0 Å². The lowest BCUT2D eigenvalue weighted by Gasteiger charge is -2.04. The number of hydrogen-bond donors (Lipinski definition) is 1. The monoisotopic (exact) mass is 176 g/mol. The van der Waals surface area contributed by atoms with E-state index in [-0.39, 0.29) is 0 Å². The normalized spacial score (nSPS) is 19.5. The zero-order valence-corrected chi connectivity index (χ0v) is 8.14. The second-order valence-electron chi connectivity index (χ2n) is 3.50. The van der Waals surface area contributed by atoms with Crippen molar-refractivity contribution in [2.45, 2.75) is 39.0 Å². The smallest absolute Gasteiger partial charge is 0.101 e.